The van der Waals surface area contributed by atoms with E-state index >= 15 is 0 Å². The molecular formula is C10H14N4O11P2. The lowest BCUT2D eigenvalue weighted by Crippen LogP contribution is -2.32. The quantitative estimate of drug-likeness (QED) is 0.334. The number of phosphoric ester groups is 1. The van der Waals surface area contributed by atoms with Crippen molar-refractivity contribution in [3.63, 3.8) is 0 Å². The van der Waals surface area contributed by atoms with Gasteiger partial charge < -0.3 is 29.7 Å². The minimum absolute atomic E-state index is 0.0699. The molecule has 3 heterocycles. The van der Waals surface area contributed by atoms with Gasteiger partial charge in [-0.25, -0.2) is 14.1 Å². The van der Waals surface area contributed by atoms with Crippen LogP contribution in [0, 0.1) is 0 Å². The molecule has 1 unspecified atom stereocenters. The van der Waals surface area contributed by atoms with Crippen LogP contribution in [0.5, 0.6) is 0 Å². The lowest BCUT2D eigenvalue weighted by Gasteiger charge is -2.21. The zero-order valence-electron chi connectivity index (χ0n) is 13.3. The molecule has 15 nitrogen and oxygen atoms in total. The standard InChI is InChI=1S/C10H14N4O11P2/c1-22-27(21,25-26(18,19)20)24-10-6(16)5(15)9(23-10)14-3-13-4-7(14)11-2-12-8(4)17/h2-3,5-6,9-10,15-16H,1H3,(H,11,12,17)(H2,18,19,20)/t5-,6-,9-,10-,27?/m1/s1. The van der Waals surface area contributed by atoms with Crippen molar-refractivity contribution in [3.05, 3.63) is 23.0 Å². The largest absolute Gasteiger partial charge is 0.485 e. The number of aromatic amines is 1. The van der Waals surface area contributed by atoms with Crippen molar-refractivity contribution in [1.82, 2.24) is 19.5 Å². The summed E-state index contributed by atoms with van der Waals surface area (Å²) in [6.45, 7) is 0. The average Bonchev–Trinajstić information content (AvgIpc) is 3.11. The number of phosphoric acid groups is 2. The Morgan fingerprint density at radius 1 is 1.26 bits per heavy atom. The molecule has 1 fully saturated rings. The van der Waals surface area contributed by atoms with E-state index in [4.69, 9.17) is 19.0 Å². The summed E-state index contributed by atoms with van der Waals surface area (Å²) in [7, 11) is -9.33. The number of hydrogen-bond donors (Lipinski definition) is 5. The summed E-state index contributed by atoms with van der Waals surface area (Å²) in [5, 5.41) is 20.3. The fourth-order valence-corrected chi connectivity index (χ4v) is 4.34. The highest BCUT2D eigenvalue weighted by Crippen LogP contribution is 2.62. The SMILES string of the molecule is COP(=O)(O[C@H]1O[C@@H](n2cnc3c(=O)nc[nH]c32)[C@H](O)[C@H]1O)OP(=O)(O)O. The molecule has 0 spiro atoms. The number of H-pyrrole nitrogens is 1. The van der Waals surface area contributed by atoms with E-state index in [9.17, 15) is 24.1 Å². The molecule has 2 aromatic rings. The Kier molecular flexibility index (Phi) is 5.35. The van der Waals surface area contributed by atoms with Gasteiger partial charge in [-0.3, -0.25) is 18.4 Å². The van der Waals surface area contributed by atoms with Gasteiger partial charge in [0.2, 0.25) is 0 Å². The first-order chi connectivity index (χ1) is 12.5. The predicted octanol–water partition coefficient (Wildman–Crippen LogP) is -1.42. The third kappa shape index (κ3) is 4.02. The minimum Gasteiger partial charge on any atom is -0.385 e. The van der Waals surface area contributed by atoms with Gasteiger partial charge in [0.15, 0.2) is 18.0 Å². The summed E-state index contributed by atoms with van der Waals surface area (Å²) in [5.41, 5.74) is -0.616. The lowest BCUT2D eigenvalue weighted by molar-refractivity contribution is -0.134. The van der Waals surface area contributed by atoms with E-state index in [-0.39, 0.29) is 11.2 Å². The van der Waals surface area contributed by atoms with Gasteiger partial charge in [-0.15, -0.1) is 0 Å². The van der Waals surface area contributed by atoms with Crippen LogP contribution in [0.3, 0.4) is 0 Å². The average molecular weight is 428 g/mol. The Hall–Kier alpha value is -1.51. The second-order valence-corrected chi connectivity index (χ2v) is 8.35. The van der Waals surface area contributed by atoms with Gasteiger partial charge in [-0.05, 0) is 0 Å². The molecule has 5 atom stereocenters. The zero-order valence-corrected chi connectivity index (χ0v) is 15.1. The van der Waals surface area contributed by atoms with Crippen LogP contribution in [-0.4, -0.2) is 65.1 Å². The molecular weight excluding hydrogens is 414 g/mol. The van der Waals surface area contributed by atoms with E-state index in [1.54, 1.807) is 0 Å². The molecule has 3 rings (SSSR count). The molecule has 0 radical (unpaired) electrons. The van der Waals surface area contributed by atoms with E-state index in [1.807, 2.05) is 0 Å². The van der Waals surface area contributed by atoms with Gasteiger partial charge in [0.1, 0.15) is 17.9 Å². The molecule has 17 heteroatoms. The molecule has 0 saturated carbocycles. The van der Waals surface area contributed by atoms with E-state index in [1.165, 1.54) is 0 Å². The van der Waals surface area contributed by atoms with Crippen molar-refractivity contribution < 1.29 is 47.2 Å². The van der Waals surface area contributed by atoms with Crippen LogP contribution in [0.1, 0.15) is 6.23 Å². The maximum Gasteiger partial charge on any atom is 0.485 e. The van der Waals surface area contributed by atoms with Crippen molar-refractivity contribution in [2.45, 2.75) is 24.7 Å². The molecule has 5 N–H and O–H groups in total. The van der Waals surface area contributed by atoms with Gasteiger partial charge in [0, 0.05) is 7.11 Å². The van der Waals surface area contributed by atoms with Crippen molar-refractivity contribution in [3.8, 4) is 0 Å². The number of nitrogens with one attached hydrogen (secondary N) is 1. The maximum absolute atomic E-state index is 12.1. The molecule has 0 amide bonds. The van der Waals surface area contributed by atoms with Crippen LogP contribution in [0.4, 0.5) is 0 Å². The summed E-state index contributed by atoms with van der Waals surface area (Å²) in [6.07, 6.45) is -4.49. The first-order valence-electron chi connectivity index (χ1n) is 7.07. The van der Waals surface area contributed by atoms with Crippen LogP contribution < -0.4 is 5.56 Å². The lowest BCUT2D eigenvalue weighted by atomic mass is 10.2. The van der Waals surface area contributed by atoms with E-state index in [0.717, 1.165) is 24.3 Å². The maximum atomic E-state index is 12.1. The summed E-state index contributed by atoms with van der Waals surface area (Å²) >= 11 is 0. The van der Waals surface area contributed by atoms with Crippen LogP contribution in [0.15, 0.2) is 17.4 Å². The van der Waals surface area contributed by atoms with Crippen molar-refractivity contribution in [2.24, 2.45) is 0 Å². The molecule has 1 aliphatic heterocycles. The number of imidazole rings is 1. The number of hydrogen-bond acceptors (Lipinski definition) is 11. The summed E-state index contributed by atoms with van der Waals surface area (Å²) in [4.78, 5) is 39.1. The molecule has 0 aromatic carbocycles. The number of rotatable bonds is 6. The Morgan fingerprint density at radius 3 is 2.59 bits per heavy atom. The van der Waals surface area contributed by atoms with E-state index in [2.05, 4.69) is 23.8 Å². The highest BCUT2D eigenvalue weighted by Gasteiger charge is 2.49. The molecule has 2 aromatic heterocycles. The van der Waals surface area contributed by atoms with Gasteiger partial charge in [-0.2, -0.15) is 9.29 Å². The van der Waals surface area contributed by atoms with Crippen molar-refractivity contribution >= 4 is 26.8 Å². The Bertz CT molecular complexity index is 985. The number of aliphatic hydroxyl groups excluding tert-OH is 2. The first kappa shape index (κ1) is 20.2. The van der Waals surface area contributed by atoms with Gasteiger partial charge >= 0.3 is 21.2 Å². The first-order valence-corrected chi connectivity index (χ1v) is 10.1. The summed E-state index contributed by atoms with van der Waals surface area (Å²) in [5.74, 6) is 0. The Morgan fingerprint density at radius 2 is 1.96 bits per heavy atom. The van der Waals surface area contributed by atoms with Crippen LogP contribution >= 0.6 is 15.6 Å². The monoisotopic (exact) mass is 428 g/mol. The molecule has 1 aliphatic rings. The second-order valence-electron chi connectivity index (χ2n) is 5.24. The van der Waals surface area contributed by atoms with Gasteiger partial charge in [0.25, 0.3) is 0 Å². The highest BCUT2D eigenvalue weighted by atomic mass is 31.3. The molecule has 27 heavy (non-hydrogen) atoms. The topological polar surface area (TPSA) is 216 Å². The van der Waals surface area contributed by atoms with Crippen LogP contribution in [0.25, 0.3) is 11.2 Å². The number of ether oxygens (including phenoxy) is 1. The Balaban J connectivity index is 1.87. The number of nitrogens with zero attached hydrogens (tertiary/aromatic N) is 3. The van der Waals surface area contributed by atoms with Gasteiger partial charge in [-0.1, -0.05) is 0 Å². The van der Waals surface area contributed by atoms with Crippen molar-refractivity contribution in [2.75, 3.05) is 7.11 Å². The smallest absolute Gasteiger partial charge is 0.385 e. The minimum atomic E-state index is -5.27. The number of fused-ring (bicyclic) bond motifs is 1. The molecule has 1 saturated heterocycles. The summed E-state index contributed by atoms with van der Waals surface area (Å²) < 4.78 is 42.5. The Labute approximate surface area is 149 Å². The molecule has 0 aliphatic carbocycles. The van der Waals surface area contributed by atoms with E-state index in [0.29, 0.717) is 0 Å². The predicted molar refractivity (Wildman–Crippen MR) is 82.9 cm³/mol. The highest BCUT2D eigenvalue weighted by molar-refractivity contribution is 7.61. The van der Waals surface area contributed by atoms with Crippen LogP contribution in [-0.2, 0) is 27.2 Å². The fraction of sp³-hybridized carbons (Fsp3) is 0.500. The normalized spacial score (nSPS) is 28.5. The van der Waals surface area contributed by atoms with Gasteiger partial charge in [0.05, 0.1) is 12.7 Å². The molecule has 0 bridgehead atoms. The van der Waals surface area contributed by atoms with E-state index < -0.39 is 45.9 Å². The summed E-state index contributed by atoms with van der Waals surface area (Å²) in [6, 6.07) is 0. The van der Waals surface area contributed by atoms with Crippen molar-refractivity contribution in [1.29, 1.82) is 0 Å². The third-order valence-corrected chi connectivity index (χ3v) is 6.08. The fourth-order valence-electron chi connectivity index (χ4n) is 2.37. The number of aliphatic hydroxyl groups is 2. The second kappa shape index (κ2) is 7.14. The third-order valence-electron chi connectivity index (χ3n) is 3.51. The number of aromatic nitrogens is 4. The molecule has 150 valence electrons. The van der Waals surface area contributed by atoms with Crippen LogP contribution in [0.2, 0.25) is 0 Å². The zero-order chi connectivity index (χ0) is 20.0.